The number of carbonyl (C=O) groups is 2. The van der Waals surface area contributed by atoms with E-state index in [-0.39, 0.29) is 49.6 Å². The number of piperidine rings is 1. The standard InChI is InChI=1S/C27H30F2N4O6S2/c1-3-39-27(36)20-22(15-6-9-33(10-7-15)41(37,38)17-12-16(13-17)26(34)35)31-24(25-30-8-11-40-25)32-23(20)18-4-5-19(28)21(29)14(18)2/h4-5,8,11,15-17,23H,3,6-7,9-10,12-13H2,1-2H3,(H,31,32)(H,34,35)/t16-,17-,23?. The molecule has 0 amide bonds. The summed E-state index contributed by atoms with van der Waals surface area (Å²) in [6, 6.07) is 1.39. The Bertz CT molecular complexity index is 1510. The fraction of sp³-hybridized carbons (Fsp3) is 0.481. The highest BCUT2D eigenvalue weighted by Crippen LogP contribution is 2.41. The zero-order chi connectivity index (χ0) is 29.5. The molecule has 0 bridgehead atoms. The minimum Gasteiger partial charge on any atom is -0.481 e. The number of nitrogens with one attached hydrogen (secondary N) is 1. The van der Waals surface area contributed by atoms with Crippen LogP contribution in [0, 0.1) is 30.4 Å². The number of ether oxygens (including phenoxy) is 1. The highest BCUT2D eigenvalue weighted by molar-refractivity contribution is 7.89. The lowest BCUT2D eigenvalue weighted by Gasteiger charge is -2.40. The summed E-state index contributed by atoms with van der Waals surface area (Å²) >= 11 is 1.32. The van der Waals surface area contributed by atoms with Crippen LogP contribution in [0.4, 0.5) is 8.78 Å². The third-order valence-corrected chi connectivity index (χ3v) is 11.1. The van der Waals surface area contributed by atoms with Crippen LogP contribution >= 0.6 is 11.3 Å². The number of carboxylic acid groups (broad SMARTS) is 1. The summed E-state index contributed by atoms with van der Waals surface area (Å²) in [5.41, 5.74) is 0.967. The van der Waals surface area contributed by atoms with E-state index in [1.54, 1.807) is 18.5 Å². The SMILES string of the molecule is CCOC(=O)C1=C(C2CCN(S(=O)(=O)[C@H]3C[C@H](C(=O)O)C3)CC2)NC(c2nccs2)=NC1c1ccc(F)c(F)c1C. The van der Waals surface area contributed by atoms with Gasteiger partial charge in [0.05, 0.1) is 23.3 Å². The Kier molecular flexibility index (Phi) is 8.26. The topological polar surface area (TPSA) is 138 Å². The first-order chi connectivity index (χ1) is 19.5. The molecule has 41 heavy (non-hydrogen) atoms. The fourth-order valence-corrected chi connectivity index (χ4v) is 8.26. The molecule has 0 radical (unpaired) electrons. The van der Waals surface area contributed by atoms with Crippen LogP contribution in [0.3, 0.4) is 0 Å². The summed E-state index contributed by atoms with van der Waals surface area (Å²) in [7, 11) is -3.67. The van der Waals surface area contributed by atoms with Crippen molar-refractivity contribution in [3.63, 3.8) is 0 Å². The first kappa shape index (κ1) is 29.3. The van der Waals surface area contributed by atoms with Gasteiger partial charge in [0.25, 0.3) is 0 Å². The summed E-state index contributed by atoms with van der Waals surface area (Å²) in [5.74, 6) is -4.27. The molecule has 1 aromatic heterocycles. The maximum absolute atomic E-state index is 14.7. The third-order valence-electron chi connectivity index (χ3n) is 7.97. The van der Waals surface area contributed by atoms with Gasteiger partial charge >= 0.3 is 11.9 Å². The molecule has 1 unspecified atom stereocenters. The van der Waals surface area contributed by atoms with Gasteiger partial charge in [0.15, 0.2) is 22.5 Å². The van der Waals surface area contributed by atoms with Gasteiger partial charge < -0.3 is 15.2 Å². The van der Waals surface area contributed by atoms with Gasteiger partial charge in [0, 0.05) is 36.3 Å². The van der Waals surface area contributed by atoms with Crippen molar-refractivity contribution in [2.45, 2.75) is 50.8 Å². The number of thiazole rings is 1. The van der Waals surface area contributed by atoms with E-state index in [1.807, 2.05) is 0 Å². The number of hydrogen-bond donors (Lipinski definition) is 2. The van der Waals surface area contributed by atoms with Gasteiger partial charge in [-0.25, -0.2) is 31.3 Å². The summed E-state index contributed by atoms with van der Waals surface area (Å²) < 4.78 is 61.8. The van der Waals surface area contributed by atoms with Gasteiger partial charge in [-0.2, -0.15) is 0 Å². The molecule has 2 N–H and O–H groups in total. The van der Waals surface area contributed by atoms with E-state index in [0.29, 0.717) is 34.9 Å². The van der Waals surface area contributed by atoms with Crippen molar-refractivity contribution in [2.75, 3.05) is 19.7 Å². The number of aromatic nitrogens is 1. The number of carboxylic acids is 1. The predicted molar refractivity (Wildman–Crippen MR) is 147 cm³/mol. The second kappa shape index (κ2) is 11.6. The van der Waals surface area contributed by atoms with Crippen molar-refractivity contribution >= 4 is 39.1 Å². The molecule has 1 aliphatic carbocycles. The van der Waals surface area contributed by atoms with Crippen molar-refractivity contribution in [1.82, 2.24) is 14.6 Å². The number of halogens is 2. The lowest BCUT2D eigenvalue weighted by atomic mass is 9.85. The lowest BCUT2D eigenvalue weighted by molar-refractivity contribution is -0.144. The van der Waals surface area contributed by atoms with Crippen LogP contribution in [0.1, 0.15) is 54.8 Å². The quantitative estimate of drug-likeness (QED) is 0.434. The Morgan fingerprint density at radius 3 is 2.54 bits per heavy atom. The molecular weight excluding hydrogens is 578 g/mol. The van der Waals surface area contributed by atoms with E-state index >= 15 is 0 Å². The molecule has 2 fully saturated rings. The summed E-state index contributed by atoms with van der Waals surface area (Å²) in [6.45, 7) is 3.53. The van der Waals surface area contributed by atoms with Gasteiger partial charge in [0.1, 0.15) is 6.04 Å². The Hall–Kier alpha value is -3.23. The molecule has 14 heteroatoms. The second-order valence-corrected chi connectivity index (χ2v) is 13.4. The molecule has 1 saturated heterocycles. The molecule has 1 saturated carbocycles. The maximum Gasteiger partial charge on any atom is 0.338 e. The first-order valence-corrected chi connectivity index (χ1v) is 15.7. The van der Waals surface area contributed by atoms with Gasteiger partial charge in [-0.15, -0.1) is 11.3 Å². The van der Waals surface area contributed by atoms with Crippen LogP contribution in [-0.2, 0) is 24.3 Å². The summed E-state index contributed by atoms with van der Waals surface area (Å²) in [5, 5.41) is 14.0. The minimum atomic E-state index is -3.67. The molecule has 5 rings (SSSR count). The molecule has 2 aromatic rings. The number of aliphatic imine (C=N–C) groups is 1. The van der Waals surface area contributed by atoms with Crippen molar-refractivity contribution in [3.05, 3.63) is 62.7 Å². The molecule has 10 nitrogen and oxygen atoms in total. The van der Waals surface area contributed by atoms with E-state index < -0.39 is 50.8 Å². The van der Waals surface area contributed by atoms with Crippen LogP contribution in [0.25, 0.3) is 0 Å². The van der Waals surface area contributed by atoms with Crippen LogP contribution in [0.5, 0.6) is 0 Å². The van der Waals surface area contributed by atoms with Gasteiger partial charge in [-0.1, -0.05) is 6.07 Å². The normalized spacial score (nSPS) is 23.9. The Morgan fingerprint density at radius 1 is 1.22 bits per heavy atom. The second-order valence-electron chi connectivity index (χ2n) is 10.3. The van der Waals surface area contributed by atoms with E-state index in [2.05, 4.69) is 10.3 Å². The minimum absolute atomic E-state index is 0.0152. The average Bonchev–Trinajstić information content (AvgIpc) is 3.45. The Labute approximate surface area is 240 Å². The number of allylic oxidation sites excluding steroid dienone is 1. The van der Waals surface area contributed by atoms with Crippen molar-refractivity contribution in [1.29, 1.82) is 0 Å². The number of carbonyl (C=O) groups excluding carboxylic acids is 1. The maximum atomic E-state index is 14.7. The number of hydrogen-bond acceptors (Lipinski definition) is 9. The number of nitrogens with zero attached hydrogens (tertiary/aromatic N) is 3. The largest absolute Gasteiger partial charge is 0.481 e. The Morgan fingerprint density at radius 2 is 1.93 bits per heavy atom. The van der Waals surface area contributed by atoms with Crippen LogP contribution in [0.2, 0.25) is 0 Å². The smallest absolute Gasteiger partial charge is 0.338 e. The van der Waals surface area contributed by atoms with Crippen LogP contribution in [0.15, 0.2) is 40.0 Å². The van der Waals surface area contributed by atoms with Gasteiger partial charge in [-0.05, 0) is 56.7 Å². The zero-order valence-corrected chi connectivity index (χ0v) is 24.1. The fourth-order valence-electron chi connectivity index (χ4n) is 5.58. The molecule has 0 spiro atoms. The first-order valence-electron chi connectivity index (χ1n) is 13.3. The van der Waals surface area contributed by atoms with Gasteiger partial charge in [0.2, 0.25) is 10.0 Å². The molecule has 3 aliphatic rings. The number of amidine groups is 1. The zero-order valence-electron chi connectivity index (χ0n) is 22.5. The molecular formula is C27H30F2N4O6S2. The highest BCUT2D eigenvalue weighted by atomic mass is 32.2. The monoisotopic (exact) mass is 608 g/mol. The summed E-state index contributed by atoms with van der Waals surface area (Å²) in [6.07, 6.45) is 2.54. The number of benzene rings is 1. The average molecular weight is 609 g/mol. The van der Waals surface area contributed by atoms with Crippen molar-refractivity contribution < 1.29 is 36.6 Å². The lowest BCUT2D eigenvalue weighted by Crippen LogP contribution is -2.50. The van der Waals surface area contributed by atoms with E-state index in [0.717, 1.165) is 6.07 Å². The van der Waals surface area contributed by atoms with Gasteiger partial charge in [-0.3, -0.25) is 9.79 Å². The van der Waals surface area contributed by atoms with Crippen LogP contribution in [-0.4, -0.2) is 65.5 Å². The molecule has 3 heterocycles. The number of sulfonamides is 1. The van der Waals surface area contributed by atoms with E-state index in [9.17, 15) is 26.8 Å². The third kappa shape index (κ3) is 5.52. The molecule has 220 valence electrons. The molecule has 1 aromatic carbocycles. The van der Waals surface area contributed by atoms with E-state index in [4.69, 9.17) is 14.8 Å². The molecule has 2 aliphatic heterocycles. The molecule has 1 atom stereocenters. The predicted octanol–water partition coefficient (Wildman–Crippen LogP) is 3.54. The number of esters is 1. The van der Waals surface area contributed by atoms with Crippen LogP contribution < -0.4 is 5.32 Å². The van der Waals surface area contributed by atoms with Crippen molar-refractivity contribution in [3.8, 4) is 0 Å². The van der Waals surface area contributed by atoms with Crippen molar-refractivity contribution in [2.24, 2.45) is 16.8 Å². The number of aliphatic carboxylic acids is 1. The van der Waals surface area contributed by atoms with E-state index in [1.165, 1.54) is 28.6 Å². The Balaban J connectivity index is 1.49. The highest BCUT2D eigenvalue weighted by Gasteiger charge is 2.46. The summed E-state index contributed by atoms with van der Waals surface area (Å²) in [4.78, 5) is 33.6. The number of rotatable bonds is 8.